The van der Waals surface area contributed by atoms with E-state index in [0.717, 1.165) is 6.42 Å². The number of benzene rings is 8. The summed E-state index contributed by atoms with van der Waals surface area (Å²) < 4.78 is 0. The summed E-state index contributed by atoms with van der Waals surface area (Å²) in [5, 5.41) is 7.68. The summed E-state index contributed by atoms with van der Waals surface area (Å²) in [6.45, 7) is 0. The molecule has 8 aromatic rings. The molecule has 0 saturated heterocycles. The van der Waals surface area contributed by atoms with Crippen molar-refractivity contribution in [2.75, 3.05) is 0 Å². The van der Waals surface area contributed by atoms with E-state index in [9.17, 15) is 0 Å². The molecule has 8 aromatic carbocycles. The molecular weight excluding hydrogens is 516 g/mol. The van der Waals surface area contributed by atoms with E-state index in [2.05, 4.69) is 158 Å². The normalized spacial score (nSPS) is 12.1. The van der Waals surface area contributed by atoms with E-state index in [1.807, 2.05) is 0 Å². The van der Waals surface area contributed by atoms with Gasteiger partial charge in [-0.25, -0.2) is 0 Å². The van der Waals surface area contributed by atoms with Crippen molar-refractivity contribution >= 4 is 32.3 Å². The molecule has 1 aliphatic rings. The van der Waals surface area contributed by atoms with E-state index in [1.165, 1.54) is 88.0 Å². The fourth-order valence-corrected chi connectivity index (χ4v) is 7.34. The lowest BCUT2D eigenvalue weighted by Crippen LogP contribution is -1.91. The molecule has 0 atom stereocenters. The van der Waals surface area contributed by atoms with Gasteiger partial charge >= 0.3 is 0 Å². The van der Waals surface area contributed by atoms with Crippen molar-refractivity contribution in [2.45, 2.75) is 6.42 Å². The van der Waals surface area contributed by atoms with E-state index in [-0.39, 0.29) is 0 Å². The molecule has 0 aliphatic heterocycles. The third-order valence-corrected chi connectivity index (χ3v) is 9.30. The maximum atomic E-state index is 2.34. The molecule has 0 radical (unpaired) electrons. The van der Waals surface area contributed by atoms with Gasteiger partial charge in [-0.15, -0.1) is 0 Å². The van der Waals surface area contributed by atoms with Gasteiger partial charge in [-0.2, -0.15) is 0 Å². The Balaban J connectivity index is 1.22. The van der Waals surface area contributed by atoms with Gasteiger partial charge in [0, 0.05) is 0 Å². The third kappa shape index (κ3) is 3.77. The lowest BCUT2D eigenvalue weighted by Gasteiger charge is -2.18. The number of hydrogen-bond donors (Lipinski definition) is 0. The Hall–Kier alpha value is -5.46. The van der Waals surface area contributed by atoms with Crippen LogP contribution in [-0.2, 0) is 6.42 Å². The maximum absolute atomic E-state index is 2.34. The molecule has 0 heteroatoms. The maximum Gasteiger partial charge on any atom is -0.000729 e. The first-order chi connectivity index (χ1) is 21.3. The van der Waals surface area contributed by atoms with Gasteiger partial charge < -0.3 is 0 Å². The van der Waals surface area contributed by atoms with Crippen LogP contribution in [0.25, 0.3) is 76.8 Å². The molecule has 0 saturated carbocycles. The number of fused-ring (bicyclic) bond motifs is 6. The van der Waals surface area contributed by atoms with Gasteiger partial charge in [0.25, 0.3) is 0 Å². The van der Waals surface area contributed by atoms with Crippen molar-refractivity contribution in [3.63, 3.8) is 0 Å². The monoisotopic (exact) mass is 544 g/mol. The van der Waals surface area contributed by atoms with Gasteiger partial charge in [0.2, 0.25) is 0 Å². The molecule has 9 rings (SSSR count). The third-order valence-electron chi connectivity index (χ3n) is 9.30. The van der Waals surface area contributed by atoms with Crippen LogP contribution < -0.4 is 0 Å². The van der Waals surface area contributed by atoms with Crippen molar-refractivity contribution in [2.24, 2.45) is 0 Å². The number of rotatable bonds is 3. The van der Waals surface area contributed by atoms with Crippen LogP contribution >= 0.6 is 0 Å². The molecule has 0 bridgehead atoms. The summed E-state index contributed by atoms with van der Waals surface area (Å²) in [6, 6.07) is 58.2. The van der Waals surface area contributed by atoms with Gasteiger partial charge in [-0.1, -0.05) is 152 Å². The fourth-order valence-electron chi connectivity index (χ4n) is 7.34. The van der Waals surface area contributed by atoms with Crippen molar-refractivity contribution in [3.05, 3.63) is 169 Å². The largest absolute Gasteiger partial charge is 0.0619 e. The smallest absolute Gasteiger partial charge is 0.000729 e. The molecule has 200 valence electrons. The minimum Gasteiger partial charge on any atom is -0.0619 e. The molecule has 0 fully saturated rings. The van der Waals surface area contributed by atoms with Crippen LogP contribution in [0.4, 0.5) is 0 Å². The van der Waals surface area contributed by atoms with Crippen LogP contribution in [0.2, 0.25) is 0 Å². The van der Waals surface area contributed by atoms with Crippen LogP contribution in [-0.4, -0.2) is 0 Å². The molecule has 0 unspecified atom stereocenters. The molecule has 0 nitrogen and oxygen atoms in total. The summed E-state index contributed by atoms with van der Waals surface area (Å²) in [7, 11) is 0. The molecule has 0 aromatic heterocycles. The lowest BCUT2D eigenvalue weighted by molar-refractivity contribution is 1.26. The molecule has 0 heterocycles. The van der Waals surface area contributed by atoms with Crippen molar-refractivity contribution < 1.29 is 0 Å². The lowest BCUT2D eigenvalue weighted by atomic mass is 9.85. The van der Waals surface area contributed by atoms with Crippen molar-refractivity contribution in [1.29, 1.82) is 0 Å². The standard InChI is InChI=1S/C43H28/c1-2-11-31-26-33(25-20-28(31)10-1)43-39-16-7-5-14-37(39)42(38-15-6-8-17-40(38)43)30-23-21-29(22-24-30)34-18-9-19-36-35-13-4-3-12-32(35)27-41(34)36/h1-26H,27H2. The Morgan fingerprint density at radius 3 is 1.56 bits per heavy atom. The molecule has 0 amide bonds. The van der Waals surface area contributed by atoms with Crippen molar-refractivity contribution in [1.82, 2.24) is 0 Å². The molecule has 0 spiro atoms. The van der Waals surface area contributed by atoms with Crippen LogP contribution in [0.5, 0.6) is 0 Å². The Kier molecular flexibility index (Phi) is 5.36. The topological polar surface area (TPSA) is 0 Å². The molecule has 43 heavy (non-hydrogen) atoms. The highest BCUT2D eigenvalue weighted by Crippen LogP contribution is 2.45. The Bertz CT molecular complexity index is 2300. The Morgan fingerprint density at radius 2 is 0.837 bits per heavy atom. The van der Waals surface area contributed by atoms with Gasteiger partial charge in [-0.05, 0) is 100 Å². The van der Waals surface area contributed by atoms with Crippen LogP contribution in [0.1, 0.15) is 11.1 Å². The first kappa shape index (κ1) is 24.2. The Morgan fingerprint density at radius 1 is 0.326 bits per heavy atom. The summed E-state index contributed by atoms with van der Waals surface area (Å²) in [5.41, 5.74) is 13.3. The zero-order valence-corrected chi connectivity index (χ0v) is 23.7. The summed E-state index contributed by atoms with van der Waals surface area (Å²) in [5.74, 6) is 0. The molecule has 1 aliphatic carbocycles. The quantitative estimate of drug-likeness (QED) is 0.194. The second kappa shape index (κ2) is 9.54. The van der Waals surface area contributed by atoms with Gasteiger partial charge in [0.1, 0.15) is 0 Å². The van der Waals surface area contributed by atoms with Crippen LogP contribution in [0.15, 0.2) is 158 Å². The fraction of sp³-hybridized carbons (Fsp3) is 0.0233. The highest BCUT2D eigenvalue weighted by atomic mass is 14.2. The zero-order chi connectivity index (χ0) is 28.3. The van der Waals surface area contributed by atoms with Gasteiger partial charge in [-0.3, -0.25) is 0 Å². The minimum absolute atomic E-state index is 0.995. The second-order valence-corrected chi connectivity index (χ2v) is 11.6. The Labute approximate surface area is 251 Å². The zero-order valence-electron chi connectivity index (χ0n) is 23.7. The highest BCUT2D eigenvalue weighted by molar-refractivity contribution is 6.21. The predicted octanol–water partition coefficient (Wildman–Crippen LogP) is 11.7. The van der Waals surface area contributed by atoms with E-state index >= 15 is 0 Å². The van der Waals surface area contributed by atoms with Crippen LogP contribution in [0.3, 0.4) is 0 Å². The average Bonchev–Trinajstić information content (AvgIpc) is 3.46. The van der Waals surface area contributed by atoms with E-state index in [0.29, 0.717) is 0 Å². The average molecular weight is 545 g/mol. The number of hydrogen-bond acceptors (Lipinski definition) is 0. The highest BCUT2D eigenvalue weighted by Gasteiger charge is 2.21. The predicted molar refractivity (Wildman–Crippen MR) is 184 cm³/mol. The van der Waals surface area contributed by atoms with Gasteiger partial charge in [0.15, 0.2) is 0 Å². The van der Waals surface area contributed by atoms with E-state index in [1.54, 1.807) is 0 Å². The summed E-state index contributed by atoms with van der Waals surface area (Å²) in [4.78, 5) is 0. The van der Waals surface area contributed by atoms with Crippen LogP contribution in [0, 0.1) is 0 Å². The van der Waals surface area contributed by atoms with Crippen molar-refractivity contribution in [3.8, 4) is 44.5 Å². The molecule has 0 N–H and O–H groups in total. The van der Waals surface area contributed by atoms with Gasteiger partial charge in [0.05, 0.1) is 0 Å². The summed E-state index contributed by atoms with van der Waals surface area (Å²) >= 11 is 0. The minimum atomic E-state index is 0.995. The molecular formula is C43H28. The summed E-state index contributed by atoms with van der Waals surface area (Å²) in [6.07, 6.45) is 0.995. The first-order valence-electron chi connectivity index (χ1n) is 15.1. The van der Waals surface area contributed by atoms with E-state index < -0.39 is 0 Å². The SMILES string of the molecule is c1ccc2c(c1)Cc1c(-c3ccc(-c4c5ccccc5c(-c5ccc6ccccc6c5)c5ccccc45)cc3)cccc1-2. The van der Waals surface area contributed by atoms with E-state index in [4.69, 9.17) is 0 Å². The second-order valence-electron chi connectivity index (χ2n) is 11.6. The first-order valence-corrected chi connectivity index (χ1v) is 15.1.